The smallest absolute Gasteiger partial charge is 0.232 e. The van der Waals surface area contributed by atoms with Crippen LogP contribution in [0, 0.1) is 0 Å². The molecule has 0 radical (unpaired) electrons. The van der Waals surface area contributed by atoms with Gasteiger partial charge in [0.2, 0.25) is 5.88 Å². The molecule has 4 heteroatoms. The highest BCUT2D eigenvalue weighted by Crippen LogP contribution is 2.09. The minimum Gasteiger partial charge on any atom is -0.472 e. The van der Waals surface area contributed by atoms with E-state index < -0.39 is 0 Å². The van der Waals surface area contributed by atoms with Crippen molar-refractivity contribution in [3.8, 4) is 5.88 Å². The van der Waals surface area contributed by atoms with Crippen LogP contribution in [-0.4, -0.2) is 15.5 Å². The Bertz CT molecular complexity index is 518. The lowest BCUT2D eigenvalue weighted by atomic mass is 10.1. The molecular formula is C16H21N3O. The van der Waals surface area contributed by atoms with Gasteiger partial charge in [-0.05, 0) is 26.3 Å². The predicted octanol–water partition coefficient (Wildman–Crippen LogP) is 2.94. The minimum atomic E-state index is 0.0736. The number of hydrogen-bond acceptors (Lipinski definition) is 4. The largest absolute Gasteiger partial charge is 0.472 e. The number of rotatable bonds is 5. The molecule has 0 aliphatic carbocycles. The van der Waals surface area contributed by atoms with E-state index in [1.807, 2.05) is 30.3 Å². The van der Waals surface area contributed by atoms with Crippen molar-refractivity contribution < 1.29 is 4.74 Å². The summed E-state index contributed by atoms with van der Waals surface area (Å²) >= 11 is 0. The highest BCUT2D eigenvalue weighted by molar-refractivity contribution is 5.15. The molecule has 1 aromatic heterocycles. The second kappa shape index (κ2) is 6.48. The average molecular weight is 271 g/mol. The third kappa shape index (κ3) is 4.97. The standard InChI is InChI=1S/C16H21N3O/c1-16(2,3)19-10-14-9-18-15(11-17-14)20-12-13-7-5-4-6-8-13/h4-9,11,19H,10,12H2,1-3H3. The summed E-state index contributed by atoms with van der Waals surface area (Å²) in [5, 5.41) is 3.37. The van der Waals surface area contributed by atoms with Crippen LogP contribution in [-0.2, 0) is 13.2 Å². The van der Waals surface area contributed by atoms with E-state index in [0.29, 0.717) is 19.0 Å². The molecule has 4 nitrogen and oxygen atoms in total. The highest BCUT2D eigenvalue weighted by atomic mass is 16.5. The third-order valence-corrected chi connectivity index (χ3v) is 2.71. The Morgan fingerprint density at radius 1 is 1.05 bits per heavy atom. The van der Waals surface area contributed by atoms with E-state index in [1.54, 1.807) is 12.4 Å². The zero-order chi connectivity index (χ0) is 14.4. The van der Waals surface area contributed by atoms with Crippen LogP contribution < -0.4 is 10.1 Å². The first-order valence-corrected chi connectivity index (χ1v) is 6.76. The normalized spacial score (nSPS) is 11.3. The number of benzene rings is 1. The van der Waals surface area contributed by atoms with Crippen molar-refractivity contribution in [2.45, 2.75) is 39.5 Å². The van der Waals surface area contributed by atoms with Crippen LogP contribution in [0.3, 0.4) is 0 Å². The van der Waals surface area contributed by atoms with Gasteiger partial charge in [0.05, 0.1) is 18.1 Å². The molecular weight excluding hydrogens is 250 g/mol. The molecule has 2 aromatic rings. The van der Waals surface area contributed by atoms with Gasteiger partial charge >= 0.3 is 0 Å². The number of nitrogens with one attached hydrogen (secondary N) is 1. The molecule has 0 bridgehead atoms. The molecule has 0 spiro atoms. The molecule has 0 unspecified atom stereocenters. The Morgan fingerprint density at radius 2 is 1.80 bits per heavy atom. The molecule has 1 N–H and O–H groups in total. The molecule has 20 heavy (non-hydrogen) atoms. The maximum absolute atomic E-state index is 5.60. The molecule has 0 aliphatic rings. The summed E-state index contributed by atoms with van der Waals surface area (Å²) in [5.41, 5.74) is 2.10. The summed E-state index contributed by atoms with van der Waals surface area (Å²) in [7, 11) is 0. The second-order valence-corrected chi connectivity index (χ2v) is 5.72. The van der Waals surface area contributed by atoms with E-state index in [4.69, 9.17) is 4.74 Å². The number of ether oxygens (including phenoxy) is 1. The van der Waals surface area contributed by atoms with Crippen LogP contribution >= 0.6 is 0 Å². The van der Waals surface area contributed by atoms with Crippen LogP contribution in [0.1, 0.15) is 32.0 Å². The summed E-state index contributed by atoms with van der Waals surface area (Å²) in [4.78, 5) is 8.61. The van der Waals surface area contributed by atoms with Gasteiger partial charge in [-0.1, -0.05) is 30.3 Å². The van der Waals surface area contributed by atoms with Crippen LogP contribution in [0.2, 0.25) is 0 Å². The first-order valence-electron chi connectivity index (χ1n) is 6.76. The van der Waals surface area contributed by atoms with E-state index in [1.165, 1.54) is 0 Å². The molecule has 2 rings (SSSR count). The van der Waals surface area contributed by atoms with Crippen molar-refractivity contribution in [1.82, 2.24) is 15.3 Å². The van der Waals surface area contributed by atoms with Gasteiger partial charge in [0.25, 0.3) is 0 Å². The van der Waals surface area contributed by atoms with Gasteiger partial charge in [0, 0.05) is 12.1 Å². The molecule has 1 heterocycles. The minimum absolute atomic E-state index is 0.0736. The first-order chi connectivity index (χ1) is 9.53. The molecule has 0 aliphatic heterocycles. The predicted molar refractivity (Wildman–Crippen MR) is 79.4 cm³/mol. The van der Waals surface area contributed by atoms with Crippen molar-refractivity contribution in [2.24, 2.45) is 0 Å². The van der Waals surface area contributed by atoms with Crippen molar-refractivity contribution in [3.63, 3.8) is 0 Å². The zero-order valence-corrected chi connectivity index (χ0v) is 12.3. The van der Waals surface area contributed by atoms with E-state index in [2.05, 4.69) is 36.1 Å². The maximum Gasteiger partial charge on any atom is 0.232 e. The van der Waals surface area contributed by atoms with E-state index in [0.717, 1.165) is 11.3 Å². The fourth-order valence-corrected chi connectivity index (χ4v) is 1.60. The van der Waals surface area contributed by atoms with Crippen LogP contribution in [0.5, 0.6) is 5.88 Å². The third-order valence-electron chi connectivity index (χ3n) is 2.71. The number of aromatic nitrogens is 2. The van der Waals surface area contributed by atoms with Gasteiger partial charge < -0.3 is 10.1 Å². The molecule has 0 saturated heterocycles. The number of nitrogens with zero attached hydrogens (tertiary/aromatic N) is 2. The SMILES string of the molecule is CC(C)(C)NCc1cnc(OCc2ccccc2)cn1. The van der Waals surface area contributed by atoms with E-state index in [-0.39, 0.29) is 5.54 Å². The molecule has 0 saturated carbocycles. The topological polar surface area (TPSA) is 47.0 Å². The lowest BCUT2D eigenvalue weighted by Gasteiger charge is -2.19. The van der Waals surface area contributed by atoms with Crippen molar-refractivity contribution in [3.05, 3.63) is 54.0 Å². The number of hydrogen-bond donors (Lipinski definition) is 1. The lowest BCUT2D eigenvalue weighted by molar-refractivity contribution is 0.292. The van der Waals surface area contributed by atoms with E-state index >= 15 is 0 Å². The van der Waals surface area contributed by atoms with Gasteiger partial charge in [-0.25, -0.2) is 4.98 Å². The summed E-state index contributed by atoms with van der Waals surface area (Å²) in [6, 6.07) is 10.0. The van der Waals surface area contributed by atoms with Gasteiger partial charge in [-0.2, -0.15) is 0 Å². The molecule has 0 fully saturated rings. The molecule has 0 atom stereocenters. The fourth-order valence-electron chi connectivity index (χ4n) is 1.60. The lowest BCUT2D eigenvalue weighted by Crippen LogP contribution is -2.35. The Hall–Kier alpha value is -1.94. The molecule has 0 amide bonds. The Kier molecular flexibility index (Phi) is 4.69. The van der Waals surface area contributed by atoms with Crippen LogP contribution in [0.4, 0.5) is 0 Å². The average Bonchev–Trinajstić information content (AvgIpc) is 2.44. The van der Waals surface area contributed by atoms with Gasteiger partial charge in [-0.15, -0.1) is 0 Å². The van der Waals surface area contributed by atoms with Gasteiger partial charge in [-0.3, -0.25) is 4.98 Å². The van der Waals surface area contributed by atoms with Gasteiger partial charge in [0.1, 0.15) is 6.61 Å². The van der Waals surface area contributed by atoms with Crippen molar-refractivity contribution in [1.29, 1.82) is 0 Å². The zero-order valence-electron chi connectivity index (χ0n) is 12.3. The molecule has 1 aromatic carbocycles. The second-order valence-electron chi connectivity index (χ2n) is 5.72. The van der Waals surface area contributed by atoms with Crippen molar-refractivity contribution in [2.75, 3.05) is 0 Å². The van der Waals surface area contributed by atoms with Crippen LogP contribution in [0.25, 0.3) is 0 Å². The molecule has 106 valence electrons. The summed E-state index contributed by atoms with van der Waals surface area (Å²) in [6.45, 7) is 7.58. The quantitative estimate of drug-likeness (QED) is 0.908. The van der Waals surface area contributed by atoms with E-state index in [9.17, 15) is 0 Å². The fraction of sp³-hybridized carbons (Fsp3) is 0.375. The summed E-state index contributed by atoms with van der Waals surface area (Å²) < 4.78 is 5.60. The Morgan fingerprint density at radius 3 is 2.40 bits per heavy atom. The Balaban J connectivity index is 1.85. The van der Waals surface area contributed by atoms with Crippen molar-refractivity contribution >= 4 is 0 Å². The van der Waals surface area contributed by atoms with Gasteiger partial charge in [0.15, 0.2) is 0 Å². The maximum atomic E-state index is 5.60. The van der Waals surface area contributed by atoms with Crippen LogP contribution in [0.15, 0.2) is 42.7 Å². The highest BCUT2D eigenvalue weighted by Gasteiger charge is 2.09. The summed E-state index contributed by atoms with van der Waals surface area (Å²) in [5.74, 6) is 0.549. The monoisotopic (exact) mass is 271 g/mol. The summed E-state index contributed by atoms with van der Waals surface area (Å²) in [6.07, 6.45) is 3.42. The Labute approximate surface area is 120 Å². The first kappa shape index (κ1) is 14.5.